The van der Waals surface area contributed by atoms with Gasteiger partial charge in [0.25, 0.3) is 0 Å². The molecule has 2 bridgehead atoms. The van der Waals surface area contributed by atoms with Gasteiger partial charge in [-0.1, -0.05) is 29.5 Å². The number of esters is 1. The number of hydrogen-bond acceptors (Lipinski definition) is 3. The number of halogens is 1. The zero-order valence-corrected chi connectivity index (χ0v) is 15.6. The first-order valence-electron chi connectivity index (χ1n) is 8.46. The molecule has 0 N–H and O–H groups in total. The van der Waals surface area contributed by atoms with E-state index < -0.39 is 0 Å². The molecule has 4 heteroatoms. The summed E-state index contributed by atoms with van der Waals surface area (Å²) in [6.45, 7) is 2.38. The summed E-state index contributed by atoms with van der Waals surface area (Å²) < 4.78 is 5.97. The zero-order valence-electron chi connectivity index (χ0n) is 13.4. The van der Waals surface area contributed by atoms with Gasteiger partial charge in [0, 0.05) is 16.0 Å². The van der Waals surface area contributed by atoms with E-state index in [1.54, 1.807) is 7.11 Å². The van der Waals surface area contributed by atoms with Gasteiger partial charge in [-0.15, -0.1) is 0 Å². The van der Waals surface area contributed by atoms with Gasteiger partial charge in [-0.05, 0) is 63.3 Å². The van der Waals surface area contributed by atoms with Gasteiger partial charge in [-0.3, -0.25) is 9.69 Å². The lowest BCUT2D eigenvalue weighted by molar-refractivity contribution is -0.154. The van der Waals surface area contributed by atoms with Crippen LogP contribution < -0.4 is 0 Å². The molecule has 0 radical (unpaired) electrons. The summed E-state index contributed by atoms with van der Waals surface area (Å²) in [4.78, 5) is 14.9. The van der Waals surface area contributed by atoms with Crippen LogP contribution in [0.2, 0.25) is 0 Å². The predicted molar refractivity (Wildman–Crippen MR) is 92.5 cm³/mol. The second kappa shape index (κ2) is 6.34. The summed E-state index contributed by atoms with van der Waals surface area (Å²) in [6.07, 6.45) is 7.57. The van der Waals surface area contributed by atoms with Gasteiger partial charge in [-0.25, -0.2) is 0 Å². The number of hydrogen-bond donors (Lipinski definition) is 0. The molecule has 3 fully saturated rings. The predicted octanol–water partition coefficient (Wildman–Crippen LogP) is 3.50. The van der Waals surface area contributed by atoms with Crippen LogP contribution in [0.15, 0.2) is 0 Å². The minimum absolute atomic E-state index is 0.0424. The number of carbonyl (C=O) groups is 1. The van der Waals surface area contributed by atoms with Crippen LogP contribution in [-0.4, -0.2) is 41.0 Å². The van der Waals surface area contributed by atoms with E-state index in [0.717, 1.165) is 15.8 Å². The van der Waals surface area contributed by atoms with E-state index in [0.29, 0.717) is 18.0 Å². The van der Waals surface area contributed by atoms with Crippen molar-refractivity contribution >= 4 is 28.6 Å². The quantitative estimate of drug-likeness (QED) is 0.400. The molecule has 2 heterocycles. The Morgan fingerprint density at radius 2 is 1.95 bits per heavy atom. The highest BCUT2D eigenvalue weighted by atomic mass is 127. The van der Waals surface area contributed by atoms with Crippen molar-refractivity contribution in [3.8, 4) is 0 Å². The number of nitrogens with zero attached hydrogens (tertiary/aromatic N) is 1. The van der Waals surface area contributed by atoms with Crippen molar-refractivity contribution in [2.45, 2.75) is 61.5 Å². The third-order valence-electron chi connectivity index (χ3n) is 6.53. The van der Waals surface area contributed by atoms with Crippen molar-refractivity contribution in [1.29, 1.82) is 0 Å². The number of piperidine rings is 1. The minimum Gasteiger partial charge on any atom is -0.469 e. The van der Waals surface area contributed by atoms with Crippen molar-refractivity contribution in [1.82, 2.24) is 4.90 Å². The third-order valence-corrected chi connectivity index (χ3v) is 8.27. The zero-order chi connectivity index (χ0) is 15.1. The van der Waals surface area contributed by atoms with E-state index in [2.05, 4.69) is 41.5 Å². The standard InChI is InChI=1S/C17H28INO2/c1-10-4-5-11(8-14(10)18)13-9-12-6-7-15(19(12)2)16(13)17(20)21-3/h10-16H,4-9H2,1-3H3. The molecule has 0 aromatic rings. The van der Waals surface area contributed by atoms with E-state index in [4.69, 9.17) is 4.74 Å². The first-order chi connectivity index (χ1) is 10.0. The maximum atomic E-state index is 12.4. The van der Waals surface area contributed by atoms with E-state index in [1.165, 1.54) is 38.5 Å². The van der Waals surface area contributed by atoms with Gasteiger partial charge in [0.2, 0.25) is 0 Å². The largest absolute Gasteiger partial charge is 0.469 e. The number of alkyl halides is 1. The maximum Gasteiger partial charge on any atom is 0.310 e. The van der Waals surface area contributed by atoms with Crippen LogP contribution in [0.25, 0.3) is 0 Å². The van der Waals surface area contributed by atoms with Gasteiger partial charge in [0.1, 0.15) is 0 Å². The monoisotopic (exact) mass is 405 g/mol. The number of carbonyl (C=O) groups excluding carboxylic acids is 1. The molecule has 1 saturated carbocycles. The second-order valence-electron chi connectivity index (χ2n) is 7.48. The second-order valence-corrected chi connectivity index (χ2v) is 9.08. The normalized spacial score (nSPS) is 47.3. The highest BCUT2D eigenvalue weighted by molar-refractivity contribution is 14.1. The summed E-state index contributed by atoms with van der Waals surface area (Å²) in [7, 11) is 3.77. The lowest BCUT2D eigenvalue weighted by Crippen LogP contribution is -2.52. The Morgan fingerprint density at radius 3 is 2.62 bits per heavy atom. The fourth-order valence-electron chi connectivity index (χ4n) is 5.14. The van der Waals surface area contributed by atoms with Crippen molar-refractivity contribution < 1.29 is 9.53 Å². The Labute approximate surface area is 142 Å². The van der Waals surface area contributed by atoms with Crippen molar-refractivity contribution in [2.75, 3.05) is 14.2 Å². The molecule has 21 heavy (non-hydrogen) atoms. The summed E-state index contributed by atoms with van der Waals surface area (Å²) in [6, 6.07) is 1.13. The van der Waals surface area contributed by atoms with E-state index >= 15 is 0 Å². The molecule has 3 nitrogen and oxygen atoms in total. The molecule has 7 atom stereocenters. The van der Waals surface area contributed by atoms with Gasteiger partial charge in [0.05, 0.1) is 13.0 Å². The fourth-order valence-corrected chi connectivity index (χ4v) is 6.16. The van der Waals surface area contributed by atoms with Crippen molar-refractivity contribution in [3.63, 3.8) is 0 Å². The first-order valence-corrected chi connectivity index (χ1v) is 9.71. The molecule has 0 aromatic heterocycles. The van der Waals surface area contributed by atoms with Crippen LogP contribution in [0.4, 0.5) is 0 Å². The third kappa shape index (κ3) is 2.87. The molecule has 0 amide bonds. The van der Waals surface area contributed by atoms with Gasteiger partial charge < -0.3 is 4.74 Å². The average molecular weight is 405 g/mol. The number of methoxy groups -OCH3 is 1. The topological polar surface area (TPSA) is 29.5 Å². The highest BCUT2D eigenvalue weighted by Crippen LogP contribution is 2.49. The molecular formula is C17H28INO2. The first kappa shape index (κ1) is 16.0. The van der Waals surface area contributed by atoms with Crippen LogP contribution in [0.5, 0.6) is 0 Å². The Hall–Kier alpha value is 0.160. The molecule has 0 spiro atoms. The Bertz CT molecular complexity index is 402. The van der Waals surface area contributed by atoms with E-state index in [-0.39, 0.29) is 11.9 Å². The lowest BCUT2D eigenvalue weighted by atomic mass is 9.67. The van der Waals surface area contributed by atoms with Crippen LogP contribution in [-0.2, 0) is 9.53 Å². The Kier molecular flexibility index (Phi) is 4.84. The Morgan fingerprint density at radius 1 is 1.19 bits per heavy atom. The lowest BCUT2D eigenvalue weighted by Gasteiger charge is -2.46. The van der Waals surface area contributed by atoms with Crippen LogP contribution in [0.3, 0.4) is 0 Å². The molecule has 7 unspecified atom stereocenters. The van der Waals surface area contributed by atoms with Crippen LogP contribution >= 0.6 is 22.6 Å². The maximum absolute atomic E-state index is 12.4. The van der Waals surface area contributed by atoms with Crippen LogP contribution in [0, 0.1) is 23.7 Å². The SMILES string of the molecule is COC(=O)C1C(C2CCC(C)C(I)C2)CC2CCC1N2C. The smallest absolute Gasteiger partial charge is 0.310 e. The van der Waals surface area contributed by atoms with E-state index in [1.807, 2.05) is 0 Å². The van der Waals surface area contributed by atoms with Gasteiger partial charge >= 0.3 is 5.97 Å². The van der Waals surface area contributed by atoms with E-state index in [9.17, 15) is 4.79 Å². The Balaban J connectivity index is 1.80. The summed E-state index contributed by atoms with van der Waals surface area (Å²) >= 11 is 2.63. The summed E-state index contributed by atoms with van der Waals surface area (Å²) in [5.74, 6) is 2.27. The molecule has 0 aromatic carbocycles. The minimum atomic E-state index is 0.0424. The number of fused-ring (bicyclic) bond motifs is 2. The molecular weight excluding hydrogens is 377 g/mol. The van der Waals surface area contributed by atoms with Crippen LogP contribution in [0.1, 0.15) is 45.4 Å². The summed E-state index contributed by atoms with van der Waals surface area (Å²) in [5, 5.41) is 0. The fraction of sp³-hybridized carbons (Fsp3) is 0.941. The molecule has 2 saturated heterocycles. The number of ether oxygens (including phenoxy) is 1. The van der Waals surface area contributed by atoms with Crippen molar-refractivity contribution in [3.05, 3.63) is 0 Å². The summed E-state index contributed by atoms with van der Waals surface area (Å²) in [5.41, 5.74) is 0. The number of rotatable bonds is 2. The van der Waals surface area contributed by atoms with Gasteiger partial charge in [-0.2, -0.15) is 0 Å². The molecule has 3 aliphatic rings. The molecule has 3 rings (SSSR count). The highest BCUT2D eigenvalue weighted by Gasteiger charge is 2.51. The molecule has 2 aliphatic heterocycles. The van der Waals surface area contributed by atoms with Gasteiger partial charge in [0.15, 0.2) is 0 Å². The molecule has 120 valence electrons. The van der Waals surface area contributed by atoms with Crippen molar-refractivity contribution in [2.24, 2.45) is 23.7 Å². The average Bonchev–Trinajstić information content (AvgIpc) is 2.72. The molecule has 1 aliphatic carbocycles.